The highest BCUT2D eigenvalue weighted by molar-refractivity contribution is 9.10. The topological polar surface area (TPSA) is 66.4 Å². The minimum atomic E-state index is -1.12. The van der Waals surface area contributed by atoms with Gasteiger partial charge in [0.15, 0.2) is 0 Å². The van der Waals surface area contributed by atoms with Crippen LogP contribution in [0.25, 0.3) is 0 Å². The molecule has 1 rings (SSSR count). The molecule has 0 spiro atoms. The number of amides is 1. The molecule has 0 bridgehead atoms. The molecule has 0 fully saturated rings. The summed E-state index contributed by atoms with van der Waals surface area (Å²) in [5.41, 5.74) is -0.169. The lowest BCUT2D eigenvalue weighted by Gasteiger charge is -2.20. The van der Waals surface area contributed by atoms with Gasteiger partial charge in [0, 0.05) is 4.47 Å². The maximum Gasteiger partial charge on any atom is 0.326 e. The van der Waals surface area contributed by atoms with Crippen LogP contribution in [0.5, 0.6) is 0 Å². The third kappa shape index (κ3) is 4.02. The SMILES string of the molecule is CCC(C)C(NC(=O)c1ccc(Br)cc1F)C(=O)O. The molecular weight excluding hydrogens is 317 g/mol. The van der Waals surface area contributed by atoms with E-state index < -0.39 is 23.7 Å². The van der Waals surface area contributed by atoms with E-state index in [1.54, 1.807) is 6.92 Å². The van der Waals surface area contributed by atoms with Crippen LogP contribution in [0.15, 0.2) is 22.7 Å². The summed E-state index contributed by atoms with van der Waals surface area (Å²) < 4.78 is 14.1. The Labute approximate surface area is 119 Å². The van der Waals surface area contributed by atoms with Gasteiger partial charge in [-0.15, -0.1) is 0 Å². The first-order valence-electron chi connectivity index (χ1n) is 5.85. The molecule has 0 aliphatic carbocycles. The number of carbonyl (C=O) groups excluding carboxylic acids is 1. The number of rotatable bonds is 5. The average molecular weight is 332 g/mol. The van der Waals surface area contributed by atoms with Crippen molar-refractivity contribution in [2.75, 3.05) is 0 Å². The molecule has 0 aliphatic heterocycles. The summed E-state index contributed by atoms with van der Waals surface area (Å²) in [6.45, 7) is 3.55. The number of aliphatic carboxylic acids is 1. The van der Waals surface area contributed by atoms with Crippen molar-refractivity contribution >= 4 is 27.8 Å². The highest BCUT2D eigenvalue weighted by Crippen LogP contribution is 2.16. The van der Waals surface area contributed by atoms with E-state index in [0.29, 0.717) is 10.9 Å². The summed E-state index contributed by atoms with van der Waals surface area (Å²) in [4.78, 5) is 23.0. The molecule has 0 saturated carbocycles. The Morgan fingerprint density at radius 1 is 1.47 bits per heavy atom. The zero-order valence-electron chi connectivity index (χ0n) is 10.6. The summed E-state index contributed by atoms with van der Waals surface area (Å²) in [6.07, 6.45) is 0.597. The third-order valence-corrected chi connectivity index (χ3v) is 3.43. The fourth-order valence-corrected chi connectivity index (χ4v) is 1.91. The molecule has 0 saturated heterocycles. The van der Waals surface area contributed by atoms with Crippen LogP contribution in [0.3, 0.4) is 0 Å². The second kappa shape index (κ2) is 6.65. The van der Waals surface area contributed by atoms with Gasteiger partial charge in [0.25, 0.3) is 5.91 Å². The maximum atomic E-state index is 13.6. The van der Waals surface area contributed by atoms with E-state index in [1.807, 2.05) is 6.92 Å². The Morgan fingerprint density at radius 2 is 2.11 bits per heavy atom. The summed E-state index contributed by atoms with van der Waals surface area (Å²) in [5, 5.41) is 11.4. The second-order valence-corrected chi connectivity index (χ2v) is 5.21. The normalized spacial score (nSPS) is 13.7. The highest BCUT2D eigenvalue weighted by atomic mass is 79.9. The summed E-state index contributed by atoms with van der Waals surface area (Å²) in [5.74, 6) is -2.78. The lowest BCUT2D eigenvalue weighted by Crippen LogP contribution is -2.45. The van der Waals surface area contributed by atoms with Crippen molar-refractivity contribution in [1.82, 2.24) is 5.32 Å². The molecule has 0 heterocycles. The predicted octanol–water partition coefficient (Wildman–Crippen LogP) is 2.82. The zero-order valence-corrected chi connectivity index (χ0v) is 12.2. The lowest BCUT2D eigenvalue weighted by molar-refractivity contribution is -0.140. The standard InChI is InChI=1S/C13H15BrFNO3/c1-3-7(2)11(13(18)19)16-12(17)9-5-4-8(14)6-10(9)15/h4-7,11H,3H2,1-2H3,(H,16,17)(H,18,19). The number of nitrogens with one attached hydrogen (secondary N) is 1. The third-order valence-electron chi connectivity index (χ3n) is 2.94. The molecule has 1 amide bonds. The van der Waals surface area contributed by atoms with Gasteiger partial charge in [0.05, 0.1) is 5.56 Å². The molecular formula is C13H15BrFNO3. The molecule has 6 heteroatoms. The van der Waals surface area contributed by atoms with Crippen LogP contribution < -0.4 is 5.32 Å². The van der Waals surface area contributed by atoms with Crippen molar-refractivity contribution in [2.45, 2.75) is 26.3 Å². The van der Waals surface area contributed by atoms with Crippen LogP contribution in [-0.4, -0.2) is 23.0 Å². The summed E-state index contributed by atoms with van der Waals surface area (Å²) in [7, 11) is 0. The molecule has 1 aromatic carbocycles. The predicted molar refractivity (Wildman–Crippen MR) is 72.4 cm³/mol. The first-order chi connectivity index (χ1) is 8.86. The van der Waals surface area contributed by atoms with Gasteiger partial charge in [0.2, 0.25) is 0 Å². The van der Waals surface area contributed by atoms with E-state index in [4.69, 9.17) is 5.11 Å². The zero-order chi connectivity index (χ0) is 14.6. The van der Waals surface area contributed by atoms with Gasteiger partial charge in [-0.05, 0) is 24.1 Å². The molecule has 4 nitrogen and oxygen atoms in total. The van der Waals surface area contributed by atoms with E-state index in [2.05, 4.69) is 21.2 Å². The van der Waals surface area contributed by atoms with Crippen molar-refractivity contribution in [3.8, 4) is 0 Å². The van der Waals surface area contributed by atoms with Gasteiger partial charge in [-0.25, -0.2) is 9.18 Å². The summed E-state index contributed by atoms with van der Waals surface area (Å²) in [6, 6.07) is 2.97. The van der Waals surface area contributed by atoms with E-state index in [9.17, 15) is 14.0 Å². The Morgan fingerprint density at radius 3 is 2.58 bits per heavy atom. The van der Waals surface area contributed by atoms with Gasteiger partial charge in [-0.2, -0.15) is 0 Å². The smallest absolute Gasteiger partial charge is 0.326 e. The largest absolute Gasteiger partial charge is 0.480 e. The Hall–Kier alpha value is -1.43. The fourth-order valence-electron chi connectivity index (χ4n) is 1.58. The van der Waals surface area contributed by atoms with E-state index in [1.165, 1.54) is 12.1 Å². The van der Waals surface area contributed by atoms with Gasteiger partial charge < -0.3 is 10.4 Å². The van der Waals surface area contributed by atoms with E-state index in [0.717, 1.165) is 6.07 Å². The van der Waals surface area contributed by atoms with Crippen molar-refractivity contribution < 1.29 is 19.1 Å². The number of hydrogen-bond acceptors (Lipinski definition) is 2. The first kappa shape index (κ1) is 15.6. The van der Waals surface area contributed by atoms with Crippen LogP contribution in [0.2, 0.25) is 0 Å². The van der Waals surface area contributed by atoms with Crippen LogP contribution >= 0.6 is 15.9 Å². The molecule has 0 aliphatic rings. The van der Waals surface area contributed by atoms with Crippen LogP contribution in [0.4, 0.5) is 4.39 Å². The lowest BCUT2D eigenvalue weighted by atomic mass is 9.99. The molecule has 2 unspecified atom stereocenters. The highest BCUT2D eigenvalue weighted by Gasteiger charge is 2.26. The van der Waals surface area contributed by atoms with Gasteiger partial charge in [-0.1, -0.05) is 36.2 Å². The Balaban J connectivity index is 2.91. The summed E-state index contributed by atoms with van der Waals surface area (Å²) >= 11 is 3.09. The van der Waals surface area contributed by atoms with Crippen LogP contribution in [0.1, 0.15) is 30.6 Å². The Kier molecular flexibility index (Phi) is 5.47. The van der Waals surface area contributed by atoms with Gasteiger partial charge in [0.1, 0.15) is 11.9 Å². The number of carbonyl (C=O) groups is 2. The average Bonchev–Trinajstić information content (AvgIpc) is 2.34. The molecule has 0 radical (unpaired) electrons. The minimum Gasteiger partial charge on any atom is -0.480 e. The van der Waals surface area contributed by atoms with Crippen molar-refractivity contribution in [3.05, 3.63) is 34.1 Å². The minimum absolute atomic E-state index is 0.169. The molecule has 2 atom stereocenters. The molecule has 2 N–H and O–H groups in total. The van der Waals surface area contributed by atoms with Crippen molar-refractivity contribution in [3.63, 3.8) is 0 Å². The maximum absolute atomic E-state index is 13.6. The molecule has 1 aromatic rings. The van der Waals surface area contributed by atoms with Crippen molar-refractivity contribution in [2.24, 2.45) is 5.92 Å². The monoisotopic (exact) mass is 331 g/mol. The number of hydrogen-bond donors (Lipinski definition) is 2. The van der Waals surface area contributed by atoms with E-state index >= 15 is 0 Å². The number of halogens is 2. The van der Waals surface area contributed by atoms with Gasteiger partial charge in [-0.3, -0.25) is 4.79 Å². The van der Waals surface area contributed by atoms with Gasteiger partial charge >= 0.3 is 5.97 Å². The molecule has 19 heavy (non-hydrogen) atoms. The number of benzene rings is 1. The van der Waals surface area contributed by atoms with Crippen LogP contribution in [0, 0.1) is 11.7 Å². The number of carboxylic acid groups (broad SMARTS) is 1. The Bertz CT molecular complexity index is 493. The molecule has 0 aromatic heterocycles. The quantitative estimate of drug-likeness (QED) is 0.871. The van der Waals surface area contributed by atoms with E-state index in [-0.39, 0.29) is 11.5 Å². The molecule has 104 valence electrons. The second-order valence-electron chi connectivity index (χ2n) is 4.30. The number of carboxylic acids is 1. The van der Waals surface area contributed by atoms with Crippen molar-refractivity contribution in [1.29, 1.82) is 0 Å². The fraction of sp³-hybridized carbons (Fsp3) is 0.385. The first-order valence-corrected chi connectivity index (χ1v) is 6.64. The van der Waals surface area contributed by atoms with Crippen LogP contribution in [-0.2, 0) is 4.79 Å².